The molecule has 2 amide bonds. The predicted molar refractivity (Wildman–Crippen MR) is 92.1 cm³/mol. The fourth-order valence-corrected chi connectivity index (χ4v) is 3.80. The lowest BCUT2D eigenvalue weighted by Crippen LogP contribution is -2.47. The molecule has 132 valence electrons. The summed E-state index contributed by atoms with van der Waals surface area (Å²) < 4.78 is 11.1. The Morgan fingerprint density at radius 2 is 2.00 bits per heavy atom. The minimum atomic E-state index is -0.168. The summed E-state index contributed by atoms with van der Waals surface area (Å²) in [5.41, 5.74) is 1.55. The van der Waals surface area contributed by atoms with Gasteiger partial charge in [-0.2, -0.15) is 0 Å². The van der Waals surface area contributed by atoms with Crippen molar-refractivity contribution in [3.8, 4) is 11.5 Å². The molecule has 4 rings (SSSR count). The highest BCUT2D eigenvalue weighted by atomic mass is 16.5. The predicted octanol–water partition coefficient (Wildman–Crippen LogP) is 3.12. The second kappa shape index (κ2) is 6.84. The van der Waals surface area contributed by atoms with E-state index < -0.39 is 0 Å². The van der Waals surface area contributed by atoms with E-state index in [9.17, 15) is 4.79 Å². The van der Waals surface area contributed by atoms with Crippen molar-refractivity contribution in [1.29, 1.82) is 0 Å². The van der Waals surface area contributed by atoms with Crippen LogP contribution in [0.2, 0.25) is 0 Å². The maximum Gasteiger partial charge on any atom is 0.319 e. The van der Waals surface area contributed by atoms with Crippen LogP contribution in [0.25, 0.3) is 11.5 Å². The van der Waals surface area contributed by atoms with Crippen molar-refractivity contribution in [3.05, 3.63) is 30.2 Å². The zero-order valence-electron chi connectivity index (χ0n) is 14.2. The van der Waals surface area contributed by atoms with Crippen LogP contribution in [0.5, 0.6) is 0 Å². The second-order valence-electron chi connectivity index (χ2n) is 6.70. The number of amides is 2. The summed E-state index contributed by atoms with van der Waals surface area (Å²) in [4.78, 5) is 12.3. The fourth-order valence-electron chi connectivity index (χ4n) is 3.80. The van der Waals surface area contributed by atoms with Gasteiger partial charge in [-0.05, 0) is 49.9 Å². The fraction of sp³-hybridized carbons (Fsp3) is 0.500. The number of benzene rings is 1. The minimum Gasteiger partial charge on any atom is -0.421 e. The van der Waals surface area contributed by atoms with Crippen molar-refractivity contribution < 1.29 is 13.9 Å². The van der Waals surface area contributed by atoms with Crippen LogP contribution in [0.1, 0.15) is 31.6 Å². The maximum absolute atomic E-state index is 12.3. The molecule has 1 aromatic heterocycles. The number of hydrogen-bond donors (Lipinski definition) is 2. The number of nitrogens with one attached hydrogen (secondary N) is 2. The number of urea groups is 1. The molecule has 3 atom stereocenters. The summed E-state index contributed by atoms with van der Waals surface area (Å²) >= 11 is 0. The quantitative estimate of drug-likeness (QED) is 0.894. The third-order valence-corrected chi connectivity index (χ3v) is 5.01. The van der Waals surface area contributed by atoms with Crippen LogP contribution in [-0.2, 0) is 4.74 Å². The Labute approximate surface area is 146 Å². The average Bonchev–Trinajstić information content (AvgIpc) is 3.25. The molecule has 2 N–H and O–H groups in total. The number of anilines is 1. The molecule has 1 aliphatic carbocycles. The first-order valence-electron chi connectivity index (χ1n) is 8.79. The molecule has 0 bridgehead atoms. The van der Waals surface area contributed by atoms with E-state index in [0.29, 0.717) is 23.8 Å². The number of aromatic nitrogens is 2. The van der Waals surface area contributed by atoms with Crippen molar-refractivity contribution in [3.63, 3.8) is 0 Å². The number of ether oxygens (including phenoxy) is 1. The largest absolute Gasteiger partial charge is 0.421 e. The summed E-state index contributed by atoms with van der Waals surface area (Å²) in [5.74, 6) is 1.45. The van der Waals surface area contributed by atoms with Crippen LogP contribution < -0.4 is 10.6 Å². The molecular formula is C18H22N4O3. The molecule has 2 aromatic rings. The Morgan fingerprint density at radius 1 is 1.16 bits per heavy atom. The lowest BCUT2D eigenvalue weighted by Gasteiger charge is -2.33. The molecule has 7 nitrogen and oxygen atoms in total. The van der Waals surface area contributed by atoms with Crippen LogP contribution in [0.3, 0.4) is 0 Å². The number of fused-ring (bicyclic) bond motifs is 1. The van der Waals surface area contributed by atoms with Gasteiger partial charge in [0, 0.05) is 36.7 Å². The number of nitrogens with zero attached hydrogens (tertiary/aromatic N) is 2. The summed E-state index contributed by atoms with van der Waals surface area (Å²) in [7, 11) is 0. The number of hydrogen-bond acceptors (Lipinski definition) is 5. The van der Waals surface area contributed by atoms with Crippen molar-refractivity contribution >= 4 is 11.7 Å². The van der Waals surface area contributed by atoms with Gasteiger partial charge >= 0.3 is 6.03 Å². The van der Waals surface area contributed by atoms with E-state index in [4.69, 9.17) is 9.15 Å². The van der Waals surface area contributed by atoms with E-state index in [1.807, 2.05) is 24.3 Å². The molecule has 7 heteroatoms. The second-order valence-corrected chi connectivity index (χ2v) is 6.70. The number of carbonyl (C=O) groups excluding carboxylic acids is 1. The van der Waals surface area contributed by atoms with E-state index in [-0.39, 0.29) is 12.1 Å². The van der Waals surface area contributed by atoms with E-state index in [0.717, 1.165) is 43.5 Å². The van der Waals surface area contributed by atoms with Crippen molar-refractivity contribution in [2.24, 2.45) is 5.92 Å². The summed E-state index contributed by atoms with van der Waals surface area (Å²) in [6.45, 7) is 2.56. The first-order chi connectivity index (χ1) is 12.2. The molecule has 2 fully saturated rings. The molecule has 0 unspecified atom stereocenters. The van der Waals surface area contributed by atoms with Gasteiger partial charge in [0.25, 0.3) is 0 Å². The van der Waals surface area contributed by atoms with E-state index >= 15 is 0 Å². The normalized spacial score (nSPS) is 25.4. The first kappa shape index (κ1) is 16.1. The Balaban J connectivity index is 1.36. The van der Waals surface area contributed by atoms with E-state index in [1.165, 1.54) is 0 Å². The highest BCUT2D eigenvalue weighted by Gasteiger charge is 2.38. The van der Waals surface area contributed by atoms with E-state index in [1.54, 1.807) is 6.92 Å². The molecular weight excluding hydrogens is 320 g/mol. The van der Waals surface area contributed by atoms with Gasteiger partial charge in [0.05, 0.1) is 6.10 Å². The van der Waals surface area contributed by atoms with E-state index in [2.05, 4.69) is 20.8 Å². The van der Waals surface area contributed by atoms with Crippen LogP contribution in [0.15, 0.2) is 28.7 Å². The summed E-state index contributed by atoms with van der Waals surface area (Å²) in [6, 6.07) is 7.39. The number of carbonyl (C=O) groups is 1. The van der Waals surface area contributed by atoms with Gasteiger partial charge in [0.2, 0.25) is 11.8 Å². The molecule has 2 heterocycles. The van der Waals surface area contributed by atoms with Crippen molar-refractivity contribution in [2.45, 2.75) is 44.8 Å². The highest BCUT2D eigenvalue weighted by molar-refractivity contribution is 5.89. The first-order valence-corrected chi connectivity index (χ1v) is 8.79. The third kappa shape index (κ3) is 3.51. The Bertz CT molecular complexity index is 743. The Kier molecular flexibility index (Phi) is 4.40. The molecule has 1 saturated carbocycles. The van der Waals surface area contributed by atoms with Gasteiger partial charge in [0.15, 0.2) is 0 Å². The monoisotopic (exact) mass is 342 g/mol. The lowest BCUT2D eigenvalue weighted by atomic mass is 9.82. The molecule has 25 heavy (non-hydrogen) atoms. The molecule has 1 aromatic carbocycles. The van der Waals surface area contributed by atoms with Gasteiger partial charge in [-0.25, -0.2) is 4.79 Å². The smallest absolute Gasteiger partial charge is 0.319 e. The molecule has 0 spiro atoms. The van der Waals surface area contributed by atoms with Gasteiger partial charge in [-0.1, -0.05) is 0 Å². The van der Waals surface area contributed by atoms with Gasteiger partial charge < -0.3 is 19.8 Å². The van der Waals surface area contributed by atoms with Crippen LogP contribution >= 0.6 is 0 Å². The topological polar surface area (TPSA) is 89.3 Å². The lowest BCUT2D eigenvalue weighted by molar-refractivity contribution is 0.0553. The molecule has 1 saturated heterocycles. The average molecular weight is 342 g/mol. The Morgan fingerprint density at radius 3 is 2.76 bits per heavy atom. The molecule has 2 aliphatic rings. The SMILES string of the molecule is Cc1nnc(-c2ccc(NC(=O)N[C@@H]3CCC[C@@H]4OCC[C@H]43)cc2)o1. The van der Waals surface area contributed by atoms with Crippen LogP contribution in [0.4, 0.5) is 10.5 Å². The maximum atomic E-state index is 12.3. The van der Waals surface area contributed by atoms with Crippen molar-refractivity contribution in [2.75, 3.05) is 11.9 Å². The van der Waals surface area contributed by atoms with Crippen molar-refractivity contribution in [1.82, 2.24) is 15.5 Å². The van der Waals surface area contributed by atoms with Gasteiger partial charge in [0.1, 0.15) is 0 Å². The summed E-state index contributed by atoms with van der Waals surface area (Å²) in [5, 5.41) is 13.8. The zero-order valence-corrected chi connectivity index (χ0v) is 14.2. The third-order valence-electron chi connectivity index (χ3n) is 5.01. The Hall–Kier alpha value is -2.41. The molecule has 1 aliphatic heterocycles. The standard InChI is InChI=1S/C18H22N4O3/c1-11-21-22-17(25-11)12-5-7-13(8-6-12)19-18(23)20-15-3-2-4-16-14(15)9-10-24-16/h5-8,14-16H,2-4,9-10H2,1H3,(H2,19,20,23)/t14-,15+,16-/m0/s1. The zero-order chi connectivity index (χ0) is 17.2. The van der Waals surface area contributed by atoms with Gasteiger partial charge in [-0.15, -0.1) is 10.2 Å². The highest BCUT2D eigenvalue weighted by Crippen LogP contribution is 2.34. The number of aryl methyl sites for hydroxylation is 1. The van der Waals surface area contributed by atoms with Crippen LogP contribution in [0, 0.1) is 12.8 Å². The minimum absolute atomic E-state index is 0.168. The van der Waals surface area contributed by atoms with Gasteiger partial charge in [-0.3, -0.25) is 0 Å². The summed E-state index contributed by atoms with van der Waals surface area (Å²) in [6.07, 6.45) is 4.59. The molecule has 0 radical (unpaired) electrons. The number of rotatable bonds is 3. The van der Waals surface area contributed by atoms with Crippen LogP contribution in [-0.4, -0.2) is 35.0 Å².